The third-order valence-electron chi connectivity index (χ3n) is 11.2. The summed E-state index contributed by atoms with van der Waals surface area (Å²) >= 11 is 0. The fraction of sp³-hybridized carbons (Fsp3) is 0.400. The molecule has 306 valence electrons. The number of rotatable bonds is 8. The van der Waals surface area contributed by atoms with Crippen LogP contribution in [0.1, 0.15) is 69.6 Å². The van der Waals surface area contributed by atoms with Crippen LogP contribution in [0.25, 0.3) is 0 Å². The lowest BCUT2D eigenvalue weighted by atomic mass is 9.74. The predicted octanol–water partition coefficient (Wildman–Crippen LogP) is 0.330. The predicted molar refractivity (Wildman–Crippen MR) is 193 cm³/mol. The SMILES string of the molecule is OC[C@@H]1O[C@H](c2c(O)cc([C@H]3[C@@H](c4cc(O)c([C@@H]5O[C@H](CO)[C@H](O)[C@H](O)[C@@H]5O)c(O)c4)[C@@H](c4ccc(O)cc4)O[C@H]3c3ccc(O)cc3)cc2O)[C@H](O)[C@H](O)[C@@H]1O. The standard InChI is InChI=1S/C40H44O17/c41-13-25-31(49)33(51)35(53)39(55-25)29-21(45)9-17(10-22(29)46)27-28(38(16-3-7-20(44)8-4-16)57-37(27)15-1-5-19(43)6-2-15)18-11-23(47)30(24(48)12-18)40-36(54)34(52)32(50)26(14-42)56-40/h1-12,25-28,31-54H,13-14H2/t25-,26+,27-,28+,31+,32-,33+,34-,35+,36-,37-,38+,39+,40-. The Morgan fingerprint density at radius 2 is 0.684 bits per heavy atom. The van der Waals surface area contributed by atoms with Crippen LogP contribution >= 0.6 is 0 Å². The van der Waals surface area contributed by atoms with Gasteiger partial charge < -0.3 is 85.7 Å². The fourth-order valence-corrected chi connectivity index (χ4v) is 8.30. The summed E-state index contributed by atoms with van der Waals surface area (Å²) in [6.07, 6.45) is -18.6. The molecule has 0 spiro atoms. The van der Waals surface area contributed by atoms with Gasteiger partial charge in [-0.25, -0.2) is 0 Å². The Bertz CT molecular complexity index is 1850. The Morgan fingerprint density at radius 3 is 0.982 bits per heavy atom. The van der Waals surface area contributed by atoms with Crippen LogP contribution < -0.4 is 0 Å². The minimum absolute atomic E-state index is 0.0577. The van der Waals surface area contributed by atoms with Crippen LogP contribution in [0, 0.1) is 0 Å². The minimum Gasteiger partial charge on any atom is -0.508 e. The first-order chi connectivity index (χ1) is 27.1. The van der Waals surface area contributed by atoms with Gasteiger partial charge in [-0.15, -0.1) is 0 Å². The van der Waals surface area contributed by atoms with Gasteiger partial charge in [0.1, 0.15) is 95.5 Å². The van der Waals surface area contributed by atoms with Crippen molar-refractivity contribution in [1.29, 1.82) is 0 Å². The highest BCUT2D eigenvalue weighted by atomic mass is 16.6. The van der Waals surface area contributed by atoms with Gasteiger partial charge in [-0.2, -0.15) is 0 Å². The van der Waals surface area contributed by atoms with Gasteiger partial charge in [0.25, 0.3) is 0 Å². The van der Waals surface area contributed by atoms with Gasteiger partial charge >= 0.3 is 0 Å². The Morgan fingerprint density at radius 1 is 0.368 bits per heavy atom. The van der Waals surface area contributed by atoms with Crippen LogP contribution in [0.4, 0.5) is 0 Å². The number of phenolic OH excluding ortho intramolecular Hbond substituents is 6. The third-order valence-corrected chi connectivity index (χ3v) is 11.2. The van der Waals surface area contributed by atoms with Crippen molar-refractivity contribution in [3.8, 4) is 34.5 Å². The molecule has 57 heavy (non-hydrogen) atoms. The summed E-state index contributed by atoms with van der Waals surface area (Å²) in [5.74, 6) is -4.46. The second-order valence-corrected chi connectivity index (χ2v) is 14.7. The highest BCUT2D eigenvalue weighted by Gasteiger charge is 2.51. The summed E-state index contributed by atoms with van der Waals surface area (Å²) in [6, 6.07) is 17.0. The van der Waals surface area contributed by atoms with E-state index in [0.29, 0.717) is 11.1 Å². The van der Waals surface area contributed by atoms with Crippen LogP contribution in [0.15, 0.2) is 72.8 Å². The number of aliphatic hydroxyl groups excluding tert-OH is 8. The van der Waals surface area contributed by atoms with E-state index in [2.05, 4.69) is 0 Å². The Labute approximate surface area is 324 Å². The molecule has 3 aliphatic heterocycles. The summed E-state index contributed by atoms with van der Waals surface area (Å²) in [7, 11) is 0. The molecule has 4 aromatic rings. The molecular weight excluding hydrogens is 752 g/mol. The lowest BCUT2D eigenvalue weighted by Gasteiger charge is -2.40. The average Bonchev–Trinajstić information content (AvgIpc) is 3.58. The molecule has 0 amide bonds. The second-order valence-electron chi connectivity index (χ2n) is 14.7. The normalized spacial score (nSPS) is 34.3. The van der Waals surface area contributed by atoms with E-state index >= 15 is 0 Å². The average molecular weight is 797 g/mol. The summed E-state index contributed by atoms with van der Waals surface area (Å²) in [5.41, 5.74) is 0.711. The van der Waals surface area contributed by atoms with Crippen LogP contribution in [0.5, 0.6) is 34.5 Å². The Kier molecular flexibility index (Phi) is 11.3. The molecule has 0 saturated carbocycles. The topological polar surface area (TPSA) is 311 Å². The zero-order valence-electron chi connectivity index (χ0n) is 29.9. The molecular formula is C40H44O17. The van der Waals surface area contributed by atoms with Crippen LogP contribution in [0.2, 0.25) is 0 Å². The van der Waals surface area contributed by atoms with E-state index in [1.807, 2.05) is 0 Å². The number of hydrogen-bond acceptors (Lipinski definition) is 17. The lowest BCUT2D eigenvalue weighted by molar-refractivity contribution is -0.232. The first-order valence-corrected chi connectivity index (χ1v) is 18.1. The van der Waals surface area contributed by atoms with E-state index in [9.17, 15) is 71.5 Å². The molecule has 14 N–H and O–H groups in total. The highest BCUT2D eigenvalue weighted by molar-refractivity contribution is 5.55. The summed E-state index contributed by atoms with van der Waals surface area (Å²) in [4.78, 5) is 0. The van der Waals surface area contributed by atoms with Crippen molar-refractivity contribution in [1.82, 2.24) is 0 Å². The number of hydrogen-bond donors (Lipinski definition) is 14. The van der Waals surface area contributed by atoms with Gasteiger partial charge in [0.15, 0.2) is 0 Å². The van der Waals surface area contributed by atoms with E-state index in [0.717, 1.165) is 0 Å². The van der Waals surface area contributed by atoms with Gasteiger partial charge in [-0.3, -0.25) is 0 Å². The van der Waals surface area contributed by atoms with E-state index < -0.39 is 121 Å². The van der Waals surface area contributed by atoms with Gasteiger partial charge in [-0.1, -0.05) is 24.3 Å². The first-order valence-electron chi connectivity index (χ1n) is 18.1. The van der Waals surface area contributed by atoms with Gasteiger partial charge in [0, 0.05) is 11.8 Å². The Hall–Kier alpha value is -4.76. The summed E-state index contributed by atoms with van der Waals surface area (Å²) in [6.45, 7) is -1.52. The number of phenols is 6. The van der Waals surface area contributed by atoms with Gasteiger partial charge in [0.05, 0.1) is 36.5 Å². The largest absolute Gasteiger partial charge is 0.508 e. The van der Waals surface area contributed by atoms with E-state index in [1.54, 1.807) is 24.3 Å². The van der Waals surface area contributed by atoms with Crippen molar-refractivity contribution in [2.75, 3.05) is 13.2 Å². The molecule has 3 fully saturated rings. The maximum absolute atomic E-state index is 11.5. The number of ether oxygens (including phenoxy) is 3. The highest BCUT2D eigenvalue weighted by Crippen LogP contribution is 2.61. The Balaban J connectivity index is 1.39. The summed E-state index contributed by atoms with van der Waals surface area (Å²) < 4.78 is 18.0. The van der Waals surface area contributed by atoms with Crippen molar-refractivity contribution in [2.45, 2.75) is 85.1 Å². The lowest BCUT2D eigenvalue weighted by Crippen LogP contribution is -2.55. The van der Waals surface area contributed by atoms with Crippen LogP contribution in [-0.4, -0.2) is 134 Å². The number of aromatic hydroxyl groups is 6. The van der Waals surface area contributed by atoms with Crippen LogP contribution in [0.3, 0.4) is 0 Å². The molecule has 0 unspecified atom stereocenters. The molecule has 17 nitrogen and oxygen atoms in total. The molecule has 7 rings (SSSR count). The molecule has 0 radical (unpaired) electrons. The monoisotopic (exact) mass is 796 g/mol. The zero-order chi connectivity index (χ0) is 41.0. The van der Waals surface area contributed by atoms with Crippen molar-refractivity contribution >= 4 is 0 Å². The van der Waals surface area contributed by atoms with Crippen molar-refractivity contribution in [3.05, 3.63) is 106 Å². The van der Waals surface area contributed by atoms with Gasteiger partial charge in [-0.05, 0) is 70.8 Å². The molecule has 3 heterocycles. The molecule has 3 saturated heterocycles. The summed E-state index contributed by atoms with van der Waals surface area (Å²) in [5, 5.41) is 149. The smallest absolute Gasteiger partial charge is 0.125 e. The third kappa shape index (κ3) is 7.21. The van der Waals surface area contributed by atoms with Crippen LogP contribution in [-0.2, 0) is 14.2 Å². The molecule has 4 aromatic carbocycles. The fourth-order valence-electron chi connectivity index (χ4n) is 8.30. The van der Waals surface area contributed by atoms with E-state index in [-0.39, 0.29) is 33.8 Å². The molecule has 0 aliphatic carbocycles. The van der Waals surface area contributed by atoms with E-state index in [4.69, 9.17) is 14.2 Å². The molecule has 3 aliphatic rings. The number of benzene rings is 4. The molecule has 0 bridgehead atoms. The van der Waals surface area contributed by atoms with Crippen molar-refractivity contribution in [2.24, 2.45) is 0 Å². The van der Waals surface area contributed by atoms with Crippen molar-refractivity contribution < 1.29 is 85.7 Å². The van der Waals surface area contributed by atoms with Gasteiger partial charge in [0.2, 0.25) is 0 Å². The molecule has 17 heteroatoms. The van der Waals surface area contributed by atoms with Crippen molar-refractivity contribution in [3.63, 3.8) is 0 Å². The maximum Gasteiger partial charge on any atom is 0.125 e. The minimum atomic E-state index is -1.84. The van der Waals surface area contributed by atoms with E-state index in [1.165, 1.54) is 48.5 Å². The zero-order valence-corrected chi connectivity index (χ0v) is 29.9. The molecule has 0 aromatic heterocycles. The molecule has 14 atom stereocenters. The first kappa shape index (κ1) is 40.4. The quantitative estimate of drug-likeness (QED) is 0.114. The maximum atomic E-state index is 11.5. The number of aliphatic hydroxyl groups is 8. The second kappa shape index (κ2) is 15.9.